The van der Waals surface area contributed by atoms with Crippen LogP contribution < -0.4 is 15.9 Å². The van der Waals surface area contributed by atoms with Gasteiger partial charge in [0.2, 0.25) is 0 Å². The number of rotatable bonds is 14. The van der Waals surface area contributed by atoms with Crippen molar-refractivity contribution < 1.29 is 62.1 Å². The Morgan fingerprint density at radius 2 is 1.75 bits per heavy atom. The minimum Gasteiger partial charge on any atom is -0.443 e. The monoisotopic (exact) mass is 782 g/mol. The molecule has 0 N–H and O–H groups in total. The van der Waals surface area contributed by atoms with E-state index in [-0.39, 0.29) is 29.7 Å². The molecule has 0 unspecified atom stereocenters. The van der Waals surface area contributed by atoms with Gasteiger partial charge in [0.1, 0.15) is 44.2 Å². The molecule has 0 amide bonds. The topological polar surface area (TPSA) is 197 Å². The summed E-state index contributed by atoms with van der Waals surface area (Å²) in [4.78, 5) is 38.8. The standard InChI is InChI=1S/C30H39F3N5O12S2/c1-20-15-37(27(40)38(26(20)39)28(41)49-29(2,3)4)25-14-23(24(48-25)19-47-52(44,45)30(31,32)33)50-51(42,43)13-9-12-36-16-22(35(5)34-36)18-46-17-21-10-7-6-8-11-21/h6-8,10-11,15-16,23-25H,9,12-14,17-19H2,1-5H3/q+1/t23-,24-,25-/m1/s1. The van der Waals surface area contributed by atoms with Crippen LogP contribution in [0.5, 0.6) is 0 Å². The zero-order chi connectivity index (χ0) is 38.6. The molecule has 0 radical (unpaired) electrons. The second-order valence-corrected chi connectivity index (χ2v) is 16.1. The van der Waals surface area contributed by atoms with Gasteiger partial charge >= 0.3 is 27.4 Å². The van der Waals surface area contributed by atoms with Crippen LogP contribution in [0.2, 0.25) is 0 Å². The molecule has 0 spiro atoms. The fourth-order valence-corrected chi connectivity index (χ4v) is 6.56. The molecule has 52 heavy (non-hydrogen) atoms. The first-order chi connectivity index (χ1) is 24.1. The summed E-state index contributed by atoms with van der Waals surface area (Å²) in [5, 5.41) is 4.29. The van der Waals surface area contributed by atoms with Crippen LogP contribution in [0.15, 0.2) is 52.3 Å². The van der Waals surface area contributed by atoms with E-state index in [2.05, 4.69) is 9.40 Å². The van der Waals surface area contributed by atoms with Gasteiger partial charge in [-0.05, 0) is 33.3 Å². The van der Waals surface area contributed by atoms with Crippen molar-refractivity contribution in [3.05, 3.63) is 80.4 Å². The van der Waals surface area contributed by atoms with E-state index in [1.54, 1.807) is 17.9 Å². The lowest BCUT2D eigenvalue weighted by atomic mass is 10.2. The number of ether oxygens (including phenoxy) is 3. The SMILES string of the molecule is Cc1cn([C@H]2C[C@@H](OS(=O)(=O)CCC[n+]3cc(COCc4ccccc4)n(C)n3)[C@@H](COS(=O)(=O)C(F)(F)F)O2)c(=O)n(C(=O)OC(C)(C)C)c1=O. The molecule has 3 aromatic rings. The number of carbonyl (C=O) groups excluding carboxylic acids is 1. The average molecular weight is 783 g/mol. The highest BCUT2D eigenvalue weighted by Crippen LogP contribution is 2.33. The van der Waals surface area contributed by atoms with Crippen LogP contribution in [-0.4, -0.2) is 77.6 Å². The lowest BCUT2D eigenvalue weighted by molar-refractivity contribution is -0.755. The minimum absolute atomic E-state index is 0.0333. The molecule has 3 heterocycles. The first-order valence-electron chi connectivity index (χ1n) is 15.7. The van der Waals surface area contributed by atoms with Crippen LogP contribution in [0.25, 0.3) is 0 Å². The van der Waals surface area contributed by atoms with Crippen LogP contribution in [-0.2, 0) is 69.6 Å². The Kier molecular flexibility index (Phi) is 12.5. The maximum absolute atomic E-state index is 13.3. The van der Waals surface area contributed by atoms with Crippen molar-refractivity contribution in [2.75, 3.05) is 12.4 Å². The van der Waals surface area contributed by atoms with E-state index in [0.717, 1.165) is 16.3 Å². The maximum atomic E-state index is 13.3. The second-order valence-electron chi connectivity index (χ2n) is 12.8. The zero-order valence-corrected chi connectivity index (χ0v) is 30.4. The molecule has 4 rings (SSSR count). The number of benzene rings is 1. The van der Waals surface area contributed by atoms with E-state index in [4.69, 9.17) is 18.4 Å². The predicted octanol–water partition coefficient (Wildman–Crippen LogP) is 1.80. The summed E-state index contributed by atoms with van der Waals surface area (Å²) in [5.41, 5.74) is -7.71. The second kappa shape index (κ2) is 16.0. The summed E-state index contributed by atoms with van der Waals surface area (Å²) in [6.07, 6.45) is -4.25. The fraction of sp³-hybridized carbons (Fsp3) is 0.567. The third kappa shape index (κ3) is 10.6. The lowest BCUT2D eigenvalue weighted by Gasteiger charge is -2.21. The van der Waals surface area contributed by atoms with Gasteiger partial charge in [-0.2, -0.15) is 34.6 Å². The Labute approximate surface area is 296 Å². The molecule has 1 aliphatic heterocycles. The van der Waals surface area contributed by atoms with Gasteiger partial charge in [0, 0.05) is 24.6 Å². The van der Waals surface area contributed by atoms with Crippen molar-refractivity contribution in [1.29, 1.82) is 0 Å². The average Bonchev–Trinajstić information content (AvgIpc) is 3.58. The smallest absolute Gasteiger partial charge is 0.443 e. The van der Waals surface area contributed by atoms with Crippen molar-refractivity contribution in [2.45, 2.75) is 89.8 Å². The normalized spacial score (nSPS) is 18.5. The summed E-state index contributed by atoms with van der Waals surface area (Å²) in [7, 11) is -8.92. The highest BCUT2D eigenvalue weighted by molar-refractivity contribution is 7.87. The predicted molar refractivity (Wildman–Crippen MR) is 172 cm³/mol. The molecule has 2 aromatic heterocycles. The van der Waals surface area contributed by atoms with Crippen molar-refractivity contribution >= 4 is 26.3 Å². The number of nitrogens with zero attached hydrogens (tertiary/aromatic N) is 5. The third-order valence-electron chi connectivity index (χ3n) is 7.40. The largest absolute Gasteiger partial charge is 0.523 e. The van der Waals surface area contributed by atoms with Crippen molar-refractivity contribution in [3.8, 4) is 0 Å². The Bertz CT molecular complexity index is 2080. The molecule has 1 aliphatic rings. The van der Waals surface area contributed by atoms with E-state index < -0.39 is 85.9 Å². The van der Waals surface area contributed by atoms with Crippen molar-refractivity contribution in [1.82, 2.24) is 19.0 Å². The van der Waals surface area contributed by atoms with Gasteiger partial charge in [-0.25, -0.2) is 9.59 Å². The van der Waals surface area contributed by atoms with Crippen LogP contribution in [0, 0.1) is 6.92 Å². The van der Waals surface area contributed by atoms with Gasteiger partial charge in [0.05, 0.1) is 24.2 Å². The van der Waals surface area contributed by atoms with Gasteiger partial charge in [-0.3, -0.25) is 17.7 Å². The van der Waals surface area contributed by atoms with E-state index in [1.807, 2.05) is 30.3 Å². The summed E-state index contributed by atoms with van der Waals surface area (Å²) in [6.45, 7) is 5.06. The van der Waals surface area contributed by atoms with Gasteiger partial charge in [-0.1, -0.05) is 30.3 Å². The maximum Gasteiger partial charge on any atom is 0.523 e. The molecule has 1 fully saturated rings. The molecular formula is C30H39F3N5O12S2+. The minimum atomic E-state index is -6.14. The molecule has 17 nitrogen and oxygen atoms in total. The molecule has 0 aliphatic carbocycles. The Balaban J connectivity index is 1.48. The fourth-order valence-electron chi connectivity index (χ4n) is 4.96. The highest BCUT2D eigenvalue weighted by atomic mass is 32.2. The molecule has 0 saturated carbocycles. The quantitative estimate of drug-likeness (QED) is 0.131. The van der Waals surface area contributed by atoms with Crippen molar-refractivity contribution in [2.24, 2.45) is 7.05 Å². The molecule has 1 saturated heterocycles. The van der Waals surface area contributed by atoms with E-state index >= 15 is 0 Å². The number of carbonyl (C=O) groups is 1. The Morgan fingerprint density at radius 1 is 1.08 bits per heavy atom. The van der Waals surface area contributed by atoms with Gasteiger partial charge in [-0.15, -0.1) is 9.36 Å². The summed E-state index contributed by atoms with van der Waals surface area (Å²) >= 11 is 0. The molecular weight excluding hydrogens is 743 g/mol. The number of halogens is 3. The number of hydrogen-bond acceptors (Lipinski definition) is 13. The van der Waals surface area contributed by atoms with Gasteiger partial charge < -0.3 is 14.2 Å². The van der Waals surface area contributed by atoms with Crippen LogP contribution >= 0.6 is 0 Å². The summed E-state index contributed by atoms with van der Waals surface area (Å²) in [6, 6.07) is 9.49. The molecule has 22 heteroatoms. The van der Waals surface area contributed by atoms with Crippen LogP contribution in [0.1, 0.15) is 56.7 Å². The number of hydrogen-bond donors (Lipinski definition) is 0. The van der Waals surface area contributed by atoms with E-state index in [0.29, 0.717) is 12.3 Å². The number of aryl methyl sites for hydroxylation is 3. The summed E-state index contributed by atoms with van der Waals surface area (Å²) < 4.78 is 118. The van der Waals surface area contributed by atoms with Crippen molar-refractivity contribution in [3.63, 3.8) is 0 Å². The number of alkyl halides is 3. The van der Waals surface area contributed by atoms with Crippen LogP contribution in [0.3, 0.4) is 0 Å². The third-order valence-corrected chi connectivity index (χ3v) is 9.74. The molecule has 288 valence electrons. The Hall–Kier alpha value is -3.96. The van der Waals surface area contributed by atoms with Gasteiger partial charge in [0.25, 0.3) is 15.7 Å². The number of aromatic nitrogens is 5. The molecule has 1 aromatic carbocycles. The first-order valence-corrected chi connectivity index (χ1v) is 18.7. The lowest BCUT2D eigenvalue weighted by Crippen LogP contribution is -2.47. The van der Waals surface area contributed by atoms with E-state index in [1.165, 1.54) is 32.4 Å². The highest BCUT2D eigenvalue weighted by Gasteiger charge is 2.49. The zero-order valence-electron chi connectivity index (χ0n) is 28.8. The molecule has 3 atom stereocenters. The van der Waals surface area contributed by atoms with E-state index in [9.17, 15) is 44.4 Å². The van der Waals surface area contributed by atoms with Gasteiger partial charge in [0.15, 0.2) is 11.9 Å². The summed E-state index contributed by atoms with van der Waals surface area (Å²) in [5.74, 6) is -0.603. The van der Waals surface area contributed by atoms with Crippen LogP contribution in [0.4, 0.5) is 18.0 Å². The Morgan fingerprint density at radius 3 is 2.38 bits per heavy atom. The molecule has 0 bridgehead atoms. The first kappa shape index (κ1) is 40.8.